The fraction of sp³-hybridized carbons (Fsp3) is 0.190. The Balaban J connectivity index is 2.01. The van der Waals surface area contributed by atoms with E-state index in [4.69, 9.17) is 9.84 Å². The minimum absolute atomic E-state index is 0.0857. The fourth-order valence-corrected chi connectivity index (χ4v) is 3.23. The lowest BCUT2D eigenvalue weighted by molar-refractivity contribution is -0.145. The van der Waals surface area contributed by atoms with E-state index in [0.29, 0.717) is 5.69 Å². The van der Waals surface area contributed by atoms with Crippen LogP contribution in [-0.2, 0) is 14.3 Å². The van der Waals surface area contributed by atoms with Gasteiger partial charge in [0.05, 0.1) is 29.1 Å². The van der Waals surface area contributed by atoms with Gasteiger partial charge in [-0.2, -0.15) is 0 Å². The highest BCUT2D eigenvalue weighted by atomic mass is 32.2. The third kappa shape index (κ3) is 6.96. The van der Waals surface area contributed by atoms with E-state index in [1.165, 1.54) is 11.8 Å². The number of hydrogen-bond acceptors (Lipinski definition) is 7. The first-order valence-corrected chi connectivity index (χ1v) is 10.0. The molecule has 0 aromatic heterocycles. The molecular weight excluding hydrogens is 426 g/mol. The second kappa shape index (κ2) is 10.9. The maximum atomic E-state index is 12.5. The molecule has 3 N–H and O–H groups in total. The van der Waals surface area contributed by atoms with Crippen LogP contribution in [0.1, 0.15) is 44.4 Å². The number of carbonyl (C=O) groups is 5. The average molecular weight is 445 g/mol. The molecule has 2 rings (SSSR count). The van der Waals surface area contributed by atoms with Crippen LogP contribution in [0.4, 0.5) is 5.69 Å². The molecular formula is C21H19NO8S. The maximum Gasteiger partial charge on any atom is 0.336 e. The number of amides is 1. The summed E-state index contributed by atoms with van der Waals surface area (Å²) in [7, 11) is 0. The summed E-state index contributed by atoms with van der Waals surface area (Å²) in [5.41, 5.74) is -0.469. The molecule has 0 aliphatic heterocycles. The minimum Gasteiger partial charge on any atom is -0.478 e. The smallest absolute Gasteiger partial charge is 0.336 e. The summed E-state index contributed by atoms with van der Waals surface area (Å²) in [4.78, 5) is 58.7. The zero-order chi connectivity index (χ0) is 23.0. The van der Waals surface area contributed by atoms with Crippen LogP contribution in [0.3, 0.4) is 0 Å². The molecule has 0 spiro atoms. The van der Waals surface area contributed by atoms with Crippen LogP contribution in [0, 0.1) is 0 Å². The summed E-state index contributed by atoms with van der Waals surface area (Å²) in [6.45, 7) is 1.87. The zero-order valence-electron chi connectivity index (χ0n) is 16.4. The molecule has 0 saturated carbocycles. The molecule has 0 aliphatic rings. The highest BCUT2D eigenvalue weighted by Crippen LogP contribution is 2.22. The van der Waals surface area contributed by atoms with Gasteiger partial charge in [0.1, 0.15) is 6.42 Å². The molecule has 2 aromatic rings. The van der Waals surface area contributed by atoms with Gasteiger partial charge in [-0.1, -0.05) is 0 Å². The SMILES string of the molecule is CCOC(=O)CC(=O)CSc1ccc(NC(=O)c2ccc(C(=O)O)cc2C(=O)O)cc1. The summed E-state index contributed by atoms with van der Waals surface area (Å²) in [5, 5.41) is 20.8. The van der Waals surface area contributed by atoms with Crippen molar-refractivity contribution in [3.63, 3.8) is 0 Å². The Labute approximate surface area is 181 Å². The summed E-state index contributed by atoms with van der Waals surface area (Å²) >= 11 is 1.22. The molecule has 0 aliphatic carbocycles. The van der Waals surface area contributed by atoms with Crippen LogP contribution < -0.4 is 5.32 Å². The van der Waals surface area contributed by atoms with Gasteiger partial charge in [0.25, 0.3) is 5.91 Å². The van der Waals surface area contributed by atoms with E-state index in [9.17, 15) is 29.1 Å². The van der Waals surface area contributed by atoms with E-state index in [2.05, 4.69) is 5.32 Å². The highest BCUT2D eigenvalue weighted by molar-refractivity contribution is 8.00. The van der Waals surface area contributed by atoms with E-state index in [1.807, 2.05) is 0 Å². The van der Waals surface area contributed by atoms with E-state index < -0.39 is 29.4 Å². The lowest BCUT2D eigenvalue weighted by Crippen LogP contribution is -2.17. The van der Waals surface area contributed by atoms with Crippen molar-refractivity contribution >= 4 is 47.0 Å². The van der Waals surface area contributed by atoms with Gasteiger partial charge < -0.3 is 20.3 Å². The van der Waals surface area contributed by atoms with E-state index in [-0.39, 0.29) is 35.7 Å². The van der Waals surface area contributed by atoms with Crippen LogP contribution in [0.5, 0.6) is 0 Å². The normalized spacial score (nSPS) is 10.2. The number of carboxylic acid groups (broad SMARTS) is 2. The fourth-order valence-electron chi connectivity index (χ4n) is 2.47. The van der Waals surface area contributed by atoms with Crippen LogP contribution in [0.25, 0.3) is 0 Å². The number of carboxylic acids is 2. The Morgan fingerprint density at radius 3 is 2.19 bits per heavy atom. The molecule has 10 heteroatoms. The summed E-state index contributed by atoms with van der Waals surface area (Å²) in [6, 6.07) is 9.67. The third-order valence-corrected chi connectivity index (χ3v) is 4.97. The molecule has 9 nitrogen and oxygen atoms in total. The number of nitrogens with one attached hydrogen (secondary N) is 1. The largest absolute Gasteiger partial charge is 0.478 e. The molecule has 0 fully saturated rings. The van der Waals surface area contributed by atoms with Gasteiger partial charge in [0.15, 0.2) is 5.78 Å². The van der Waals surface area contributed by atoms with Gasteiger partial charge in [0, 0.05) is 10.6 Å². The Hall–Kier alpha value is -3.66. The number of hydrogen-bond donors (Lipinski definition) is 3. The molecule has 2 aromatic carbocycles. The number of aromatic carboxylic acids is 2. The number of esters is 1. The summed E-state index contributed by atoms with van der Waals surface area (Å²) in [5.74, 6) is -4.19. The van der Waals surface area contributed by atoms with Crippen molar-refractivity contribution in [3.05, 3.63) is 59.2 Å². The van der Waals surface area contributed by atoms with Crippen LogP contribution >= 0.6 is 11.8 Å². The molecule has 0 radical (unpaired) electrons. The summed E-state index contributed by atoms with van der Waals surface area (Å²) in [6.07, 6.45) is -0.290. The van der Waals surface area contributed by atoms with Gasteiger partial charge >= 0.3 is 17.9 Å². The van der Waals surface area contributed by atoms with E-state index >= 15 is 0 Å². The molecule has 0 atom stereocenters. The number of Topliss-reactive ketones (excluding diaryl/α,β-unsaturated/α-hetero) is 1. The number of rotatable bonds is 10. The summed E-state index contributed by atoms with van der Waals surface area (Å²) < 4.78 is 4.72. The van der Waals surface area contributed by atoms with Crippen LogP contribution in [0.2, 0.25) is 0 Å². The minimum atomic E-state index is -1.42. The lowest BCUT2D eigenvalue weighted by atomic mass is 10.0. The maximum absolute atomic E-state index is 12.5. The molecule has 0 saturated heterocycles. The lowest BCUT2D eigenvalue weighted by Gasteiger charge is -2.09. The standard InChI is InChI=1S/C21H19NO8S/c1-2-30-18(24)10-14(23)11-31-15-6-4-13(5-7-15)22-19(25)16-8-3-12(20(26)27)9-17(16)21(28)29/h3-9H,2,10-11H2,1H3,(H,22,25)(H,26,27)(H,28,29). The van der Waals surface area contributed by atoms with Gasteiger partial charge in [-0.15, -0.1) is 11.8 Å². The monoisotopic (exact) mass is 445 g/mol. The van der Waals surface area contributed by atoms with Gasteiger partial charge in [-0.3, -0.25) is 14.4 Å². The first kappa shape index (κ1) is 23.6. The Morgan fingerprint density at radius 2 is 1.61 bits per heavy atom. The van der Waals surface area contributed by atoms with Crippen molar-refractivity contribution in [1.29, 1.82) is 0 Å². The van der Waals surface area contributed by atoms with Crippen molar-refractivity contribution in [2.24, 2.45) is 0 Å². The first-order chi connectivity index (χ1) is 14.7. The number of thioether (sulfide) groups is 1. The van der Waals surface area contributed by atoms with Gasteiger partial charge in [-0.05, 0) is 49.4 Å². The topological polar surface area (TPSA) is 147 Å². The Kier molecular flexibility index (Phi) is 8.33. The second-order valence-electron chi connectivity index (χ2n) is 6.16. The predicted octanol–water partition coefficient (Wildman–Crippen LogP) is 2.95. The van der Waals surface area contributed by atoms with Crippen LogP contribution in [0.15, 0.2) is 47.4 Å². The first-order valence-electron chi connectivity index (χ1n) is 9.03. The van der Waals surface area contributed by atoms with Crippen molar-refractivity contribution < 1.29 is 38.9 Å². The van der Waals surface area contributed by atoms with Crippen molar-refractivity contribution in [1.82, 2.24) is 0 Å². The predicted molar refractivity (Wildman–Crippen MR) is 112 cm³/mol. The average Bonchev–Trinajstić information content (AvgIpc) is 2.72. The van der Waals surface area contributed by atoms with Crippen molar-refractivity contribution in [3.8, 4) is 0 Å². The molecule has 0 heterocycles. The Morgan fingerprint density at radius 1 is 0.935 bits per heavy atom. The Bertz CT molecular complexity index is 1020. The third-order valence-electron chi connectivity index (χ3n) is 3.90. The van der Waals surface area contributed by atoms with Gasteiger partial charge in [0.2, 0.25) is 0 Å². The van der Waals surface area contributed by atoms with E-state index in [1.54, 1.807) is 31.2 Å². The van der Waals surface area contributed by atoms with E-state index in [0.717, 1.165) is 23.1 Å². The highest BCUT2D eigenvalue weighted by Gasteiger charge is 2.19. The molecule has 162 valence electrons. The van der Waals surface area contributed by atoms with Crippen molar-refractivity contribution in [2.45, 2.75) is 18.2 Å². The number of carbonyl (C=O) groups excluding carboxylic acids is 3. The van der Waals surface area contributed by atoms with Crippen molar-refractivity contribution in [2.75, 3.05) is 17.7 Å². The van der Waals surface area contributed by atoms with Gasteiger partial charge in [-0.25, -0.2) is 9.59 Å². The number of ketones is 1. The second-order valence-corrected chi connectivity index (χ2v) is 7.21. The van der Waals surface area contributed by atoms with Crippen LogP contribution in [-0.4, -0.2) is 52.2 Å². The zero-order valence-corrected chi connectivity index (χ0v) is 17.2. The number of benzene rings is 2. The number of anilines is 1. The quantitative estimate of drug-likeness (QED) is 0.285. The molecule has 0 bridgehead atoms. The molecule has 0 unspecified atom stereocenters. The number of ether oxygens (including phenoxy) is 1. The molecule has 1 amide bonds. The molecule has 31 heavy (non-hydrogen) atoms.